The molecule has 0 aliphatic carbocycles. The second-order valence-electron chi connectivity index (χ2n) is 7.74. The molecule has 0 spiro atoms. The quantitative estimate of drug-likeness (QED) is 0.569. The Morgan fingerprint density at radius 3 is 1.30 bits per heavy atom. The van der Waals surface area contributed by atoms with Crippen molar-refractivity contribution in [2.45, 2.75) is 52.4 Å². The third-order valence-electron chi connectivity index (χ3n) is 3.67. The van der Waals surface area contributed by atoms with E-state index in [1.165, 1.54) is 11.1 Å². The van der Waals surface area contributed by atoms with Gasteiger partial charge < -0.3 is 4.74 Å². The fraction of sp³-hybridized carbons (Fsp3) is 0.429. The minimum absolute atomic E-state index is 0.227. The Morgan fingerprint density at radius 2 is 1.00 bits per heavy atom. The van der Waals surface area contributed by atoms with Gasteiger partial charge in [-0.25, -0.2) is 0 Å². The molecular weight excluding hydrogens is 304 g/mol. The molecule has 0 radical (unpaired) electrons. The Balaban J connectivity index is 0.000000231. The summed E-state index contributed by atoms with van der Waals surface area (Å²) in [5, 5.41) is 0.804. The molecule has 0 aliphatic heterocycles. The van der Waals surface area contributed by atoms with E-state index < -0.39 is 0 Å². The van der Waals surface area contributed by atoms with Crippen LogP contribution in [0, 0.1) is 0 Å². The van der Waals surface area contributed by atoms with E-state index in [4.69, 9.17) is 16.3 Å². The molecule has 0 amide bonds. The maximum Gasteiger partial charge on any atom is 0.118 e. The van der Waals surface area contributed by atoms with Crippen LogP contribution in [0.3, 0.4) is 0 Å². The molecule has 23 heavy (non-hydrogen) atoms. The van der Waals surface area contributed by atoms with Crippen molar-refractivity contribution in [3.8, 4) is 5.75 Å². The first-order valence-electron chi connectivity index (χ1n) is 7.94. The summed E-state index contributed by atoms with van der Waals surface area (Å²) >= 11 is 5.76. The van der Waals surface area contributed by atoms with Crippen molar-refractivity contribution in [1.29, 1.82) is 0 Å². The minimum atomic E-state index is 0.227. The summed E-state index contributed by atoms with van der Waals surface area (Å²) in [6.07, 6.45) is 0. The van der Waals surface area contributed by atoms with E-state index >= 15 is 0 Å². The molecule has 1 nitrogen and oxygen atoms in total. The Morgan fingerprint density at radius 1 is 0.652 bits per heavy atom. The van der Waals surface area contributed by atoms with Crippen LogP contribution in [-0.2, 0) is 10.8 Å². The van der Waals surface area contributed by atoms with Crippen LogP contribution in [0.15, 0.2) is 48.5 Å². The Labute approximate surface area is 146 Å². The van der Waals surface area contributed by atoms with Gasteiger partial charge >= 0.3 is 0 Å². The summed E-state index contributed by atoms with van der Waals surface area (Å²) in [4.78, 5) is 0. The highest BCUT2D eigenvalue weighted by Crippen LogP contribution is 2.24. The third kappa shape index (κ3) is 6.66. The summed E-state index contributed by atoms with van der Waals surface area (Å²) < 4.78 is 5.08. The largest absolute Gasteiger partial charge is 0.497 e. The van der Waals surface area contributed by atoms with Gasteiger partial charge in [0.2, 0.25) is 0 Å². The molecule has 0 unspecified atom stereocenters. The monoisotopic (exact) mass is 332 g/mol. The number of hydrogen-bond acceptors (Lipinski definition) is 1. The van der Waals surface area contributed by atoms with Crippen molar-refractivity contribution < 1.29 is 4.74 Å². The third-order valence-corrected chi connectivity index (χ3v) is 3.92. The van der Waals surface area contributed by atoms with Crippen molar-refractivity contribution in [3.63, 3.8) is 0 Å². The zero-order valence-electron chi connectivity index (χ0n) is 15.4. The fourth-order valence-corrected chi connectivity index (χ4v) is 2.17. The average Bonchev–Trinajstić information content (AvgIpc) is 2.46. The summed E-state index contributed by atoms with van der Waals surface area (Å²) in [6.45, 7) is 13.2. The summed E-state index contributed by atoms with van der Waals surface area (Å²) in [7, 11) is 1.69. The van der Waals surface area contributed by atoms with Crippen molar-refractivity contribution in [3.05, 3.63) is 64.7 Å². The summed E-state index contributed by atoms with van der Waals surface area (Å²) in [5.74, 6) is 0.919. The lowest BCUT2D eigenvalue weighted by atomic mass is 9.87. The van der Waals surface area contributed by atoms with Crippen LogP contribution >= 0.6 is 11.6 Å². The Bertz CT molecular complexity index is 584. The predicted octanol–water partition coefficient (Wildman–Crippen LogP) is 6.63. The highest BCUT2D eigenvalue weighted by Gasteiger charge is 2.13. The summed E-state index contributed by atoms with van der Waals surface area (Å²) in [5.41, 5.74) is 3.11. The standard InChI is InChI=1S/C11H16O.C10H13Cl/c1-11(2,3)9-5-7-10(12-4)8-6-9;1-10(2,3)8-4-6-9(11)7-5-8/h5-8H,1-4H3;4-7H,1-3H3. The second-order valence-corrected chi connectivity index (χ2v) is 8.17. The molecule has 2 aromatic rings. The molecule has 0 N–H and O–H groups in total. The first-order valence-corrected chi connectivity index (χ1v) is 8.32. The van der Waals surface area contributed by atoms with Crippen LogP contribution in [0.2, 0.25) is 5.02 Å². The van der Waals surface area contributed by atoms with Gasteiger partial charge in [-0.15, -0.1) is 0 Å². The van der Waals surface area contributed by atoms with Crippen LogP contribution in [0.1, 0.15) is 52.7 Å². The lowest BCUT2D eigenvalue weighted by molar-refractivity contribution is 0.414. The van der Waals surface area contributed by atoms with Gasteiger partial charge in [0.25, 0.3) is 0 Å². The van der Waals surface area contributed by atoms with Crippen molar-refractivity contribution >= 4 is 11.6 Å². The molecule has 0 aromatic heterocycles. The maximum atomic E-state index is 5.76. The number of rotatable bonds is 1. The van der Waals surface area contributed by atoms with Gasteiger partial charge in [0, 0.05) is 5.02 Å². The number of halogens is 1. The van der Waals surface area contributed by atoms with Gasteiger partial charge in [0.05, 0.1) is 7.11 Å². The normalized spacial score (nSPS) is 11.5. The predicted molar refractivity (Wildman–Crippen MR) is 102 cm³/mol. The minimum Gasteiger partial charge on any atom is -0.497 e. The van der Waals surface area contributed by atoms with Gasteiger partial charge in [-0.3, -0.25) is 0 Å². The smallest absolute Gasteiger partial charge is 0.118 e. The molecule has 126 valence electrons. The first kappa shape index (κ1) is 19.6. The van der Waals surface area contributed by atoms with Crippen LogP contribution in [0.4, 0.5) is 0 Å². The van der Waals surface area contributed by atoms with E-state index in [0.717, 1.165) is 10.8 Å². The van der Waals surface area contributed by atoms with Crippen molar-refractivity contribution in [2.24, 2.45) is 0 Å². The highest BCUT2D eigenvalue weighted by atomic mass is 35.5. The van der Waals surface area contributed by atoms with Crippen molar-refractivity contribution in [2.75, 3.05) is 7.11 Å². The number of methoxy groups -OCH3 is 1. The van der Waals surface area contributed by atoms with Crippen LogP contribution in [0.25, 0.3) is 0 Å². The van der Waals surface area contributed by atoms with E-state index in [0.29, 0.717) is 0 Å². The number of hydrogen-bond donors (Lipinski definition) is 0. The molecule has 0 aliphatic rings. The van der Waals surface area contributed by atoms with E-state index in [-0.39, 0.29) is 10.8 Å². The average molecular weight is 333 g/mol. The first-order chi connectivity index (χ1) is 10.5. The molecule has 0 saturated heterocycles. The Kier molecular flexibility index (Phi) is 6.70. The SMILES string of the molecule is CC(C)(C)c1ccc(Cl)cc1.COc1ccc(C(C)(C)C)cc1. The zero-order chi connectivity index (χ0) is 17.7. The topological polar surface area (TPSA) is 9.23 Å². The van der Waals surface area contributed by atoms with Gasteiger partial charge in [0.1, 0.15) is 5.75 Å². The highest BCUT2D eigenvalue weighted by molar-refractivity contribution is 6.30. The summed E-state index contributed by atoms with van der Waals surface area (Å²) in [6, 6.07) is 16.2. The van der Waals surface area contributed by atoms with Gasteiger partial charge in [-0.1, -0.05) is 77.4 Å². The van der Waals surface area contributed by atoms with Crippen LogP contribution < -0.4 is 4.74 Å². The van der Waals surface area contributed by atoms with Crippen LogP contribution in [0.5, 0.6) is 5.75 Å². The zero-order valence-corrected chi connectivity index (χ0v) is 16.2. The van der Waals surface area contributed by atoms with Gasteiger partial charge in [0.15, 0.2) is 0 Å². The molecule has 0 fully saturated rings. The fourth-order valence-electron chi connectivity index (χ4n) is 2.04. The molecule has 2 aromatic carbocycles. The lowest BCUT2D eigenvalue weighted by Gasteiger charge is -2.18. The molecule has 0 bridgehead atoms. The molecule has 2 rings (SSSR count). The lowest BCUT2D eigenvalue weighted by Crippen LogP contribution is -2.10. The molecule has 0 saturated carbocycles. The van der Waals surface area contributed by atoms with E-state index in [1.54, 1.807) is 7.11 Å². The Hall–Kier alpha value is -1.47. The molecule has 0 heterocycles. The molecular formula is C21H29ClO. The number of ether oxygens (including phenoxy) is 1. The van der Waals surface area contributed by atoms with Gasteiger partial charge in [-0.2, -0.15) is 0 Å². The number of benzene rings is 2. The molecule has 0 atom stereocenters. The van der Waals surface area contributed by atoms with E-state index in [1.807, 2.05) is 24.3 Å². The van der Waals surface area contributed by atoms with Crippen LogP contribution in [-0.4, -0.2) is 7.11 Å². The molecule has 2 heteroatoms. The van der Waals surface area contributed by atoms with E-state index in [9.17, 15) is 0 Å². The van der Waals surface area contributed by atoms with Gasteiger partial charge in [-0.05, 0) is 46.2 Å². The maximum absolute atomic E-state index is 5.76. The van der Waals surface area contributed by atoms with E-state index in [2.05, 4.69) is 65.8 Å². The second kappa shape index (κ2) is 7.88. The van der Waals surface area contributed by atoms with Crippen molar-refractivity contribution in [1.82, 2.24) is 0 Å².